The third kappa shape index (κ3) is 3.72. The van der Waals surface area contributed by atoms with Crippen LogP contribution in [0.3, 0.4) is 0 Å². The number of ether oxygens (including phenoxy) is 1. The molecule has 0 aliphatic carbocycles. The molecule has 0 N–H and O–H groups in total. The van der Waals surface area contributed by atoms with E-state index in [1.54, 1.807) is 6.92 Å². The smallest absolute Gasteiger partial charge is 0.309 e. The summed E-state index contributed by atoms with van der Waals surface area (Å²) in [5, 5.41) is 0.137. The van der Waals surface area contributed by atoms with Crippen molar-refractivity contribution in [2.75, 3.05) is 19.7 Å². The maximum atomic E-state index is 12.5. The lowest BCUT2D eigenvalue weighted by atomic mass is 9.98. The number of esters is 1. The first-order valence-corrected chi connectivity index (χ1v) is 8.55. The van der Waals surface area contributed by atoms with Gasteiger partial charge in [-0.2, -0.15) is 4.31 Å². The molecule has 2 rings (SSSR count). The summed E-state index contributed by atoms with van der Waals surface area (Å²) >= 11 is 5.73. The second-order valence-corrected chi connectivity index (χ2v) is 7.07. The predicted molar refractivity (Wildman–Crippen MR) is 77.4 cm³/mol. The summed E-state index contributed by atoms with van der Waals surface area (Å²) in [7, 11) is -3.59. The summed E-state index contributed by atoms with van der Waals surface area (Å²) in [5.41, 5.74) is 0. The second-order valence-electron chi connectivity index (χ2n) is 4.74. The van der Waals surface area contributed by atoms with Gasteiger partial charge in [-0.3, -0.25) is 4.79 Å². The Morgan fingerprint density at radius 1 is 1.48 bits per heavy atom. The van der Waals surface area contributed by atoms with Gasteiger partial charge < -0.3 is 4.74 Å². The molecule has 0 spiro atoms. The second kappa shape index (κ2) is 6.72. The average molecular weight is 333 g/mol. The number of carbonyl (C=O) groups excluding carboxylic acids is 1. The lowest BCUT2D eigenvalue weighted by Crippen LogP contribution is -2.40. The van der Waals surface area contributed by atoms with Gasteiger partial charge in [-0.05, 0) is 31.9 Å². The SMILES string of the molecule is CCOC(=O)C1CCN(S(=O)(=O)c2ccnc(Cl)c2)CC1. The highest BCUT2D eigenvalue weighted by Gasteiger charge is 2.32. The molecule has 116 valence electrons. The Hall–Kier alpha value is -1.18. The van der Waals surface area contributed by atoms with Gasteiger partial charge in [-0.15, -0.1) is 0 Å². The van der Waals surface area contributed by atoms with Crippen LogP contribution in [0.2, 0.25) is 5.15 Å². The first-order chi connectivity index (χ1) is 9.95. The number of hydrogen-bond acceptors (Lipinski definition) is 5. The van der Waals surface area contributed by atoms with Crippen LogP contribution in [0.15, 0.2) is 23.2 Å². The van der Waals surface area contributed by atoms with Crippen molar-refractivity contribution >= 4 is 27.6 Å². The van der Waals surface area contributed by atoms with Gasteiger partial charge >= 0.3 is 5.97 Å². The minimum absolute atomic E-state index is 0.122. The highest BCUT2D eigenvalue weighted by Crippen LogP contribution is 2.25. The van der Waals surface area contributed by atoms with Crippen LogP contribution in [0, 0.1) is 5.92 Å². The lowest BCUT2D eigenvalue weighted by Gasteiger charge is -2.30. The van der Waals surface area contributed by atoms with Gasteiger partial charge in [0.25, 0.3) is 0 Å². The fourth-order valence-electron chi connectivity index (χ4n) is 2.29. The number of hydrogen-bond donors (Lipinski definition) is 0. The molecule has 1 aliphatic rings. The highest BCUT2D eigenvalue weighted by molar-refractivity contribution is 7.89. The van der Waals surface area contributed by atoms with Crippen LogP contribution in [-0.4, -0.2) is 43.4 Å². The molecule has 21 heavy (non-hydrogen) atoms. The van der Waals surface area contributed by atoms with E-state index in [0.29, 0.717) is 32.5 Å². The molecule has 1 aromatic rings. The number of sulfonamides is 1. The van der Waals surface area contributed by atoms with Crippen molar-refractivity contribution in [2.45, 2.75) is 24.7 Å². The Labute approximate surface area is 129 Å². The Morgan fingerprint density at radius 3 is 2.71 bits per heavy atom. The highest BCUT2D eigenvalue weighted by atomic mass is 35.5. The Morgan fingerprint density at radius 2 is 2.14 bits per heavy atom. The summed E-state index contributed by atoms with van der Waals surface area (Å²) < 4.78 is 31.3. The van der Waals surface area contributed by atoms with Gasteiger partial charge in [-0.25, -0.2) is 13.4 Å². The summed E-state index contributed by atoms with van der Waals surface area (Å²) in [5.74, 6) is -0.473. The molecule has 0 saturated carbocycles. The molecule has 1 aromatic heterocycles. The number of aromatic nitrogens is 1. The maximum absolute atomic E-state index is 12.5. The first kappa shape index (κ1) is 16.2. The molecule has 2 heterocycles. The number of carbonyl (C=O) groups is 1. The summed E-state index contributed by atoms with van der Waals surface area (Å²) in [6.45, 7) is 2.69. The zero-order valence-corrected chi connectivity index (χ0v) is 13.2. The molecule has 0 unspecified atom stereocenters. The van der Waals surface area contributed by atoms with Crippen molar-refractivity contribution in [2.24, 2.45) is 5.92 Å². The topological polar surface area (TPSA) is 76.6 Å². The monoisotopic (exact) mass is 332 g/mol. The fraction of sp³-hybridized carbons (Fsp3) is 0.538. The van der Waals surface area contributed by atoms with E-state index in [4.69, 9.17) is 16.3 Å². The molecule has 0 bridgehead atoms. The van der Waals surface area contributed by atoms with E-state index in [2.05, 4.69) is 4.98 Å². The van der Waals surface area contributed by atoms with Crippen LogP contribution in [-0.2, 0) is 19.6 Å². The molecule has 1 fully saturated rings. The van der Waals surface area contributed by atoms with Crippen molar-refractivity contribution in [3.63, 3.8) is 0 Å². The van der Waals surface area contributed by atoms with E-state index >= 15 is 0 Å². The van der Waals surface area contributed by atoms with Crippen molar-refractivity contribution in [3.05, 3.63) is 23.5 Å². The van der Waals surface area contributed by atoms with E-state index in [1.807, 2.05) is 0 Å². The number of nitrogens with zero attached hydrogens (tertiary/aromatic N) is 2. The summed E-state index contributed by atoms with van der Waals surface area (Å²) in [4.78, 5) is 15.6. The Bertz CT molecular complexity index is 612. The van der Waals surface area contributed by atoms with Crippen LogP contribution >= 0.6 is 11.6 Å². The fourth-order valence-corrected chi connectivity index (χ4v) is 4.01. The van der Waals surface area contributed by atoms with Crippen LogP contribution in [0.5, 0.6) is 0 Å². The van der Waals surface area contributed by atoms with Crippen LogP contribution in [0.4, 0.5) is 0 Å². The van der Waals surface area contributed by atoms with Crippen molar-refractivity contribution < 1.29 is 17.9 Å². The van der Waals surface area contributed by atoms with E-state index in [9.17, 15) is 13.2 Å². The maximum Gasteiger partial charge on any atom is 0.309 e. The van der Waals surface area contributed by atoms with E-state index in [0.717, 1.165) is 0 Å². The summed E-state index contributed by atoms with van der Waals surface area (Å²) in [6, 6.07) is 2.74. The van der Waals surface area contributed by atoms with Gasteiger partial charge in [0.2, 0.25) is 10.0 Å². The minimum atomic E-state index is -3.59. The van der Waals surface area contributed by atoms with Crippen LogP contribution in [0.25, 0.3) is 0 Å². The standard InChI is InChI=1S/C13H17ClN2O4S/c1-2-20-13(17)10-4-7-16(8-5-10)21(18,19)11-3-6-15-12(14)9-11/h3,6,9-10H,2,4-5,7-8H2,1H3. The lowest BCUT2D eigenvalue weighted by molar-refractivity contribution is -0.149. The molecule has 0 amide bonds. The van der Waals surface area contributed by atoms with Crippen LogP contribution < -0.4 is 0 Å². The van der Waals surface area contributed by atoms with E-state index in [-0.39, 0.29) is 21.9 Å². The molecular weight excluding hydrogens is 316 g/mol. The molecule has 1 saturated heterocycles. The molecule has 0 atom stereocenters. The molecule has 1 aliphatic heterocycles. The largest absolute Gasteiger partial charge is 0.466 e. The number of rotatable bonds is 4. The van der Waals surface area contributed by atoms with Gasteiger partial charge in [0, 0.05) is 19.3 Å². The predicted octanol–water partition coefficient (Wildman–Crippen LogP) is 1.70. The number of pyridine rings is 1. The van der Waals surface area contributed by atoms with Gasteiger partial charge in [-0.1, -0.05) is 11.6 Å². The zero-order valence-electron chi connectivity index (χ0n) is 11.7. The first-order valence-electron chi connectivity index (χ1n) is 6.73. The van der Waals surface area contributed by atoms with E-state index in [1.165, 1.54) is 22.6 Å². The zero-order chi connectivity index (χ0) is 15.5. The van der Waals surface area contributed by atoms with Gasteiger partial charge in [0.15, 0.2) is 0 Å². The minimum Gasteiger partial charge on any atom is -0.466 e. The Kier molecular flexibility index (Phi) is 5.18. The van der Waals surface area contributed by atoms with E-state index < -0.39 is 10.0 Å². The third-order valence-electron chi connectivity index (χ3n) is 3.41. The van der Waals surface area contributed by atoms with Crippen molar-refractivity contribution in [3.8, 4) is 0 Å². The van der Waals surface area contributed by atoms with Gasteiger partial charge in [0.1, 0.15) is 5.15 Å². The van der Waals surface area contributed by atoms with Crippen molar-refractivity contribution in [1.29, 1.82) is 0 Å². The molecule has 6 nitrogen and oxygen atoms in total. The average Bonchev–Trinajstić information content (AvgIpc) is 2.47. The normalized spacial score (nSPS) is 17.6. The van der Waals surface area contributed by atoms with Crippen LogP contribution in [0.1, 0.15) is 19.8 Å². The molecular formula is C13H17ClN2O4S. The number of piperidine rings is 1. The Balaban J connectivity index is 2.06. The quantitative estimate of drug-likeness (QED) is 0.619. The molecule has 8 heteroatoms. The molecule has 0 radical (unpaired) electrons. The van der Waals surface area contributed by atoms with Crippen molar-refractivity contribution in [1.82, 2.24) is 9.29 Å². The molecule has 0 aromatic carbocycles. The third-order valence-corrected chi connectivity index (χ3v) is 5.51. The number of halogens is 1. The summed E-state index contributed by atoms with van der Waals surface area (Å²) in [6.07, 6.45) is 2.30. The van der Waals surface area contributed by atoms with Gasteiger partial charge in [0.05, 0.1) is 17.4 Å².